The Kier molecular flexibility index (Phi) is 5.31. The van der Waals surface area contributed by atoms with Crippen molar-refractivity contribution in [1.82, 2.24) is 0 Å². The molecule has 2 aromatic rings. The number of sulfonamides is 1. The lowest BCUT2D eigenvalue weighted by Gasteiger charge is -2.06. The van der Waals surface area contributed by atoms with E-state index in [1.807, 2.05) is 31.2 Å². The van der Waals surface area contributed by atoms with E-state index in [-0.39, 0.29) is 10.7 Å². The molecule has 0 radical (unpaired) electrons. The fraction of sp³-hybridized carbons (Fsp3) is 0.118. The third-order valence-corrected chi connectivity index (χ3v) is 4.03. The molecular weight excluding hydrogens is 314 g/mol. The van der Waals surface area contributed by atoms with E-state index in [0.717, 1.165) is 5.56 Å². The maximum Gasteiger partial charge on any atom is 0.238 e. The number of hydrogen-bond donors (Lipinski definition) is 1. The molecule has 6 heteroatoms. The minimum atomic E-state index is -3.76. The average molecular weight is 331 g/mol. The van der Waals surface area contributed by atoms with Gasteiger partial charge in [-0.05, 0) is 49.4 Å². The average Bonchev–Trinajstić information content (AvgIpc) is 2.53. The predicted molar refractivity (Wildman–Crippen MR) is 88.8 cm³/mol. The number of ketones is 1. The largest absolute Gasteiger partial charge is 0.493 e. The second-order valence-electron chi connectivity index (χ2n) is 4.74. The van der Waals surface area contributed by atoms with E-state index in [1.54, 1.807) is 6.08 Å². The van der Waals surface area contributed by atoms with Gasteiger partial charge < -0.3 is 4.74 Å². The van der Waals surface area contributed by atoms with Gasteiger partial charge >= 0.3 is 0 Å². The Morgan fingerprint density at radius 3 is 2.39 bits per heavy atom. The van der Waals surface area contributed by atoms with Crippen LogP contribution in [0.5, 0.6) is 5.75 Å². The molecule has 0 aliphatic rings. The Hall–Kier alpha value is -2.44. The van der Waals surface area contributed by atoms with E-state index < -0.39 is 10.0 Å². The summed E-state index contributed by atoms with van der Waals surface area (Å²) in [6.07, 6.45) is 3.09. The predicted octanol–water partition coefficient (Wildman–Crippen LogP) is 2.63. The number of carbonyl (C=O) groups is 1. The molecule has 23 heavy (non-hydrogen) atoms. The molecule has 0 heterocycles. The highest BCUT2D eigenvalue weighted by Gasteiger charge is 2.09. The highest BCUT2D eigenvalue weighted by molar-refractivity contribution is 7.89. The first-order valence-electron chi connectivity index (χ1n) is 6.99. The summed E-state index contributed by atoms with van der Waals surface area (Å²) >= 11 is 0. The number of primary sulfonamides is 1. The van der Waals surface area contributed by atoms with Crippen molar-refractivity contribution in [2.24, 2.45) is 5.14 Å². The van der Waals surface area contributed by atoms with Crippen LogP contribution in [0.15, 0.2) is 59.5 Å². The minimum Gasteiger partial charge on any atom is -0.493 e. The van der Waals surface area contributed by atoms with Gasteiger partial charge in [0.25, 0.3) is 0 Å². The number of nitrogens with two attached hydrogens (primary N) is 1. The zero-order valence-corrected chi connectivity index (χ0v) is 13.4. The van der Waals surface area contributed by atoms with Crippen LogP contribution in [0.4, 0.5) is 0 Å². The van der Waals surface area contributed by atoms with Crippen LogP contribution in [0.1, 0.15) is 22.8 Å². The Morgan fingerprint density at radius 1 is 1.13 bits per heavy atom. The van der Waals surface area contributed by atoms with Crippen molar-refractivity contribution >= 4 is 21.9 Å². The van der Waals surface area contributed by atoms with Gasteiger partial charge in [-0.3, -0.25) is 4.79 Å². The minimum absolute atomic E-state index is 0.0280. The Bertz CT molecular complexity index is 824. The molecule has 2 aromatic carbocycles. The van der Waals surface area contributed by atoms with Crippen molar-refractivity contribution in [3.05, 3.63) is 65.7 Å². The maximum absolute atomic E-state index is 12.1. The van der Waals surface area contributed by atoms with E-state index >= 15 is 0 Å². The molecule has 0 atom stereocenters. The third kappa shape index (κ3) is 4.51. The van der Waals surface area contributed by atoms with Gasteiger partial charge in [0, 0.05) is 11.1 Å². The van der Waals surface area contributed by atoms with Crippen LogP contribution in [-0.2, 0) is 10.0 Å². The van der Waals surface area contributed by atoms with E-state index in [1.165, 1.54) is 30.3 Å². The van der Waals surface area contributed by atoms with Gasteiger partial charge in [-0.25, -0.2) is 13.6 Å². The Labute approximate surface area is 135 Å². The maximum atomic E-state index is 12.1. The quantitative estimate of drug-likeness (QED) is 0.651. The summed E-state index contributed by atoms with van der Waals surface area (Å²) in [4.78, 5) is 12.1. The van der Waals surface area contributed by atoms with Gasteiger partial charge in [0.05, 0.1) is 11.5 Å². The van der Waals surface area contributed by atoms with Crippen molar-refractivity contribution in [2.45, 2.75) is 11.8 Å². The number of ether oxygens (including phenoxy) is 1. The summed E-state index contributed by atoms with van der Waals surface area (Å²) in [5.74, 6) is 0.459. The molecule has 0 fully saturated rings. The van der Waals surface area contributed by atoms with E-state index in [9.17, 15) is 13.2 Å². The molecule has 0 spiro atoms. The molecular formula is C17H17NO4S. The molecule has 0 unspecified atom stereocenters. The lowest BCUT2D eigenvalue weighted by molar-refractivity contribution is 0.104. The van der Waals surface area contributed by atoms with Gasteiger partial charge in [-0.1, -0.05) is 18.2 Å². The second-order valence-corrected chi connectivity index (χ2v) is 6.30. The lowest BCUT2D eigenvalue weighted by atomic mass is 10.1. The van der Waals surface area contributed by atoms with E-state index in [4.69, 9.17) is 9.88 Å². The van der Waals surface area contributed by atoms with Gasteiger partial charge in [0.15, 0.2) is 5.78 Å². The summed E-state index contributed by atoms with van der Waals surface area (Å²) in [5, 5.41) is 5.02. The van der Waals surface area contributed by atoms with Crippen molar-refractivity contribution in [1.29, 1.82) is 0 Å². The summed E-state index contributed by atoms with van der Waals surface area (Å²) < 4.78 is 27.9. The standard InChI is InChI=1S/C17H17NO4S/c1-2-22-17-6-4-3-5-14(17)9-12-16(19)13-7-10-15(11-8-13)23(18,20)21/h3-12H,2H2,1H3,(H2,18,20,21). The molecule has 120 valence electrons. The Morgan fingerprint density at radius 2 is 1.78 bits per heavy atom. The fourth-order valence-corrected chi connectivity index (χ4v) is 2.49. The highest BCUT2D eigenvalue weighted by atomic mass is 32.2. The first kappa shape index (κ1) is 16.9. The first-order chi connectivity index (χ1) is 10.9. The lowest BCUT2D eigenvalue weighted by Crippen LogP contribution is -2.12. The number of rotatable bonds is 6. The molecule has 5 nitrogen and oxygen atoms in total. The summed E-state index contributed by atoms with van der Waals surface area (Å²) in [7, 11) is -3.76. The SMILES string of the molecule is CCOc1ccccc1C=CC(=O)c1ccc(S(N)(=O)=O)cc1. The summed E-state index contributed by atoms with van der Waals surface area (Å²) in [6, 6.07) is 12.9. The number of para-hydroxylation sites is 1. The molecule has 0 aliphatic heterocycles. The second kappa shape index (κ2) is 7.21. The molecule has 0 saturated carbocycles. The van der Waals surface area contributed by atoms with Crippen molar-refractivity contribution in [2.75, 3.05) is 6.61 Å². The number of hydrogen-bond acceptors (Lipinski definition) is 4. The van der Waals surface area contributed by atoms with Crippen molar-refractivity contribution in [3.63, 3.8) is 0 Å². The van der Waals surface area contributed by atoms with Gasteiger partial charge in [0.1, 0.15) is 5.75 Å². The Balaban J connectivity index is 2.19. The van der Waals surface area contributed by atoms with Crippen LogP contribution in [0, 0.1) is 0 Å². The van der Waals surface area contributed by atoms with Gasteiger partial charge in [0.2, 0.25) is 10.0 Å². The topological polar surface area (TPSA) is 86.5 Å². The number of benzene rings is 2. The molecule has 0 bridgehead atoms. The molecule has 0 amide bonds. The van der Waals surface area contributed by atoms with Crippen molar-refractivity contribution < 1.29 is 17.9 Å². The zero-order valence-electron chi connectivity index (χ0n) is 12.6. The van der Waals surface area contributed by atoms with E-state index in [2.05, 4.69) is 0 Å². The van der Waals surface area contributed by atoms with Crippen LogP contribution in [-0.4, -0.2) is 20.8 Å². The monoisotopic (exact) mass is 331 g/mol. The molecule has 0 saturated heterocycles. The zero-order chi connectivity index (χ0) is 16.9. The van der Waals surface area contributed by atoms with Crippen LogP contribution in [0.2, 0.25) is 0 Å². The fourth-order valence-electron chi connectivity index (χ4n) is 1.98. The molecule has 2 rings (SSSR count). The normalized spacial score (nSPS) is 11.6. The van der Waals surface area contributed by atoms with E-state index in [0.29, 0.717) is 17.9 Å². The smallest absolute Gasteiger partial charge is 0.238 e. The van der Waals surface area contributed by atoms with Crippen LogP contribution in [0.25, 0.3) is 6.08 Å². The van der Waals surface area contributed by atoms with Gasteiger partial charge in [-0.2, -0.15) is 0 Å². The van der Waals surface area contributed by atoms with Crippen molar-refractivity contribution in [3.8, 4) is 5.75 Å². The highest BCUT2D eigenvalue weighted by Crippen LogP contribution is 2.20. The first-order valence-corrected chi connectivity index (χ1v) is 8.53. The van der Waals surface area contributed by atoms with Crippen LogP contribution < -0.4 is 9.88 Å². The molecule has 2 N–H and O–H groups in total. The number of carbonyl (C=O) groups excluding carboxylic acids is 1. The number of allylic oxidation sites excluding steroid dienone is 1. The third-order valence-electron chi connectivity index (χ3n) is 3.10. The van der Waals surface area contributed by atoms with Gasteiger partial charge in [-0.15, -0.1) is 0 Å². The van der Waals surface area contributed by atoms with Crippen LogP contribution >= 0.6 is 0 Å². The van der Waals surface area contributed by atoms with Crippen LogP contribution in [0.3, 0.4) is 0 Å². The molecule has 0 aliphatic carbocycles. The molecule has 0 aromatic heterocycles. The summed E-state index contributed by atoms with van der Waals surface area (Å²) in [5.41, 5.74) is 1.17. The summed E-state index contributed by atoms with van der Waals surface area (Å²) in [6.45, 7) is 2.42.